The molecule has 0 amide bonds. The minimum absolute atomic E-state index is 0.0530. The maximum atomic E-state index is 12.7. The van der Waals surface area contributed by atoms with Crippen molar-refractivity contribution in [2.45, 2.75) is 25.4 Å². The molecule has 0 bridgehead atoms. The van der Waals surface area contributed by atoms with Gasteiger partial charge >= 0.3 is 6.18 Å². The fourth-order valence-corrected chi connectivity index (χ4v) is 3.03. The molecular weight excluding hydrogens is 313 g/mol. The van der Waals surface area contributed by atoms with Crippen molar-refractivity contribution in [1.29, 1.82) is 0 Å². The van der Waals surface area contributed by atoms with E-state index in [1.807, 2.05) is 25.3 Å². The van der Waals surface area contributed by atoms with Gasteiger partial charge in [0.15, 0.2) is 0 Å². The van der Waals surface area contributed by atoms with Crippen molar-refractivity contribution >= 4 is 10.9 Å². The van der Waals surface area contributed by atoms with Gasteiger partial charge in [-0.1, -0.05) is 23.8 Å². The lowest BCUT2D eigenvalue weighted by Crippen LogP contribution is -2.15. The maximum absolute atomic E-state index is 12.7. The van der Waals surface area contributed by atoms with E-state index in [-0.39, 0.29) is 5.92 Å². The predicted octanol–water partition coefficient (Wildman–Crippen LogP) is 4.78. The molecule has 0 aliphatic heterocycles. The van der Waals surface area contributed by atoms with Crippen LogP contribution >= 0.6 is 0 Å². The van der Waals surface area contributed by atoms with E-state index in [4.69, 9.17) is 5.73 Å². The third-order valence-corrected chi connectivity index (χ3v) is 4.36. The normalized spacial score (nSPS) is 13.4. The number of alkyl halides is 3. The Labute approximate surface area is 138 Å². The summed E-state index contributed by atoms with van der Waals surface area (Å²) in [6.45, 7) is 2.46. The first-order chi connectivity index (χ1) is 11.4. The number of fused-ring (bicyclic) bond motifs is 1. The molecule has 0 aliphatic rings. The van der Waals surface area contributed by atoms with Gasteiger partial charge < -0.3 is 10.7 Å². The van der Waals surface area contributed by atoms with Gasteiger partial charge in [0, 0.05) is 23.0 Å². The minimum Gasteiger partial charge on any atom is -0.361 e. The number of rotatable bonds is 4. The van der Waals surface area contributed by atoms with E-state index >= 15 is 0 Å². The Morgan fingerprint density at radius 2 is 1.79 bits per heavy atom. The lowest BCUT2D eigenvalue weighted by Gasteiger charge is -2.15. The van der Waals surface area contributed by atoms with E-state index in [0.717, 1.165) is 39.7 Å². The molecule has 24 heavy (non-hydrogen) atoms. The highest BCUT2D eigenvalue weighted by molar-refractivity contribution is 5.84. The molecule has 2 aromatic carbocycles. The minimum atomic E-state index is -4.31. The Balaban J connectivity index is 1.87. The van der Waals surface area contributed by atoms with Crippen molar-refractivity contribution in [3.8, 4) is 0 Å². The average Bonchev–Trinajstić information content (AvgIpc) is 2.95. The summed E-state index contributed by atoms with van der Waals surface area (Å²) in [6, 6.07) is 11.5. The molecule has 0 saturated carbocycles. The van der Waals surface area contributed by atoms with Crippen molar-refractivity contribution in [3.05, 3.63) is 70.9 Å². The first-order valence-corrected chi connectivity index (χ1v) is 7.82. The second-order valence-corrected chi connectivity index (χ2v) is 6.12. The zero-order valence-corrected chi connectivity index (χ0v) is 13.3. The molecule has 0 fully saturated rings. The van der Waals surface area contributed by atoms with Crippen LogP contribution in [0.15, 0.2) is 48.7 Å². The molecule has 1 heterocycles. The van der Waals surface area contributed by atoms with Crippen molar-refractivity contribution in [3.63, 3.8) is 0 Å². The van der Waals surface area contributed by atoms with Crippen molar-refractivity contribution < 1.29 is 13.2 Å². The molecule has 0 saturated heterocycles. The van der Waals surface area contributed by atoms with Gasteiger partial charge in [-0.05, 0) is 55.3 Å². The van der Waals surface area contributed by atoms with Crippen molar-refractivity contribution in [1.82, 2.24) is 4.98 Å². The molecule has 1 aromatic heterocycles. The van der Waals surface area contributed by atoms with Gasteiger partial charge in [0.25, 0.3) is 0 Å². The third kappa shape index (κ3) is 3.31. The Morgan fingerprint density at radius 3 is 2.42 bits per heavy atom. The number of hydrogen-bond donors (Lipinski definition) is 2. The zero-order valence-electron chi connectivity index (χ0n) is 13.3. The number of nitrogens with one attached hydrogen (secondary N) is 1. The van der Waals surface area contributed by atoms with Crippen LogP contribution in [0.3, 0.4) is 0 Å². The SMILES string of the molecule is Cc1ccc2[nH]cc(C(CN)Cc3ccc(C(F)(F)F)cc3)c2c1. The molecule has 3 N–H and O–H groups in total. The summed E-state index contributed by atoms with van der Waals surface area (Å²) in [4.78, 5) is 3.24. The first kappa shape index (κ1) is 16.6. The van der Waals surface area contributed by atoms with Crippen LogP contribution in [0.2, 0.25) is 0 Å². The molecule has 0 aliphatic carbocycles. The summed E-state index contributed by atoms with van der Waals surface area (Å²) in [5.74, 6) is 0.0530. The number of aromatic nitrogens is 1. The Hall–Kier alpha value is -2.27. The Bertz CT molecular complexity index is 832. The molecule has 0 radical (unpaired) electrons. The number of aryl methyl sites for hydroxylation is 1. The molecule has 126 valence electrons. The van der Waals surface area contributed by atoms with Gasteiger partial charge in [-0.3, -0.25) is 0 Å². The summed E-state index contributed by atoms with van der Waals surface area (Å²) in [5, 5.41) is 1.12. The van der Waals surface area contributed by atoms with Crippen LogP contribution in [0.1, 0.15) is 28.2 Å². The maximum Gasteiger partial charge on any atom is 0.416 e. The monoisotopic (exact) mass is 332 g/mol. The average molecular weight is 332 g/mol. The summed E-state index contributed by atoms with van der Waals surface area (Å²) >= 11 is 0. The summed E-state index contributed by atoms with van der Waals surface area (Å²) in [5.41, 5.74) is 9.48. The third-order valence-electron chi connectivity index (χ3n) is 4.36. The van der Waals surface area contributed by atoms with Crippen LogP contribution in [0.4, 0.5) is 13.2 Å². The fraction of sp³-hybridized carbons (Fsp3) is 0.263. The topological polar surface area (TPSA) is 41.8 Å². The van der Waals surface area contributed by atoms with Gasteiger partial charge in [0.05, 0.1) is 5.56 Å². The molecule has 3 rings (SSSR count). The fourth-order valence-electron chi connectivity index (χ4n) is 3.03. The number of benzene rings is 2. The van der Waals surface area contributed by atoms with Gasteiger partial charge in [-0.2, -0.15) is 13.2 Å². The van der Waals surface area contributed by atoms with Gasteiger partial charge in [0.1, 0.15) is 0 Å². The van der Waals surface area contributed by atoms with Gasteiger partial charge in [-0.25, -0.2) is 0 Å². The van der Waals surface area contributed by atoms with E-state index in [0.29, 0.717) is 13.0 Å². The van der Waals surface area contributed by atoms with E-state index in [1.54, 1.807) is 0 Å². The molecular formula is C19H19F3N2. The quantitative estimate of drug-likeness (QED) is 0.709. The van der Waals surface area contributed by atoms with Crippen LogP contribution in [0.5, 0.6) is 0 Å². The van der Waals surface area contributed by atoms with Crippen LogP contribution in [0, 0.1) is 6.92 Å². The summed E-state index contributed by atoms with van der Waals surface area (Å²) in [7, 11) is 0. The molecule has 3 aromatic rings. The first-order valence-electron chi connectivity index (χ1n) is 7.82. The van der Waals surface area contributed by atoms with Crippen LogP contribution in [0.25, 0.3) is 10.9 Å². The van der Waals surface area contributed by atoms with E-state index in [9.17, 15) is 13.2 Å². The molecule has 1 atom stereocenters. The smallest absolute Gasteiger partial charge is 0.361 e. The zero-order chi connectivity index (χ0) is 17.3. The highest BCUT2D eigenvalue weighted by Gasteiger charge is 2.30. The van der Waals surface area contributed by atoms with Crippen LogP contribution < -0.4 is 5.73 Å². The molecule has 5 heteroatoms. The number of hydrogen-bond acceptors (Lipinski definition) is 1. The number of halogens is 3. The lowest BCUT2D eigenvalue weighted by atomic mass is 9.91. The van der Waals surface area contributed by atoms with E-state index < -0.39 is 11.7 Å². The number of nitrogens with two attached hydrogens (primary N) is 1. The van der Waals surface area contributed by atoms with Crippen molar-refractivity contribution in [2.75, 3.05) is 6.54 Å². The Morgan fingerprint density at radius 1 is 1.08 bits per heavy atom. The highest BCUT2D eigenvalue weighted by atomic mass is 19.4. The van der Waals surface area contributed by atoms with Gasteiger partial charge in [0.2, 0.25) is 0 Å². The molecule has 1 unspecified atom stereocenters. The van der Waals surface area contributed by atoms with Crippen molar-refractivity contribution in [2.24, 2.45) is 5.73 Å². The van der Waals surface area contributed by atoms with Crippen LogP contribution in [-0.2, 0) is 12.6 Å². The summed E-state index contributed by atoms with van der Waals surface area (Å²) in [6.07, 6.45) is -1.75. The van der Waals surface area contributed by atoms with E-state index in [1.165, 1.54) is 12.1 Å². The molecule has 0 spiro atoms. The lowest BCUT2D eigenvalue weighted by molar-refractivity contribution is -0.137. The second kappa shape index (κ2) is 6.32. The molecule has 2 nitrogen and oxygen atoms in total. The number of aromatic amines is 1. The standard InChI is InChI=1S/C19H19F3N2/c1-12-2-7-18-16(8-12)17(11-24-18)14(10-23)9-13-3-5-15(6-4-13)19(20,21)22/h2-8,11,14,24H,9-10,23H2,1H3. The predicted molar refractivity (Wildman–Crippen MR) is 90.0 cm³/mol. The largest absolute Gasteiger partial charge is 0.416 e. The highest BCUT2D eigenvalue weighted by Crippen LogP contribution is 2.31. The van der Waals surface area contributed by atoms with Crippen LogP contribution in [-0.4, -0.2) is 11.5 Å². The Kier molecular flexibility index (Phi) is 4.37. The van der Waals surface area contributed by atoms with Gasteiger partial charge in [-0.15, -0.1) is 0 Å². The number of H-pyrrole nitrogens is 1. The van der Waals surface area contributed by atoms with E-state index in [2.05, 4.69) is 11.1 Å². The summed E-state index contributed by atoms with van der Waals surface area (Å²) < 4.78 is 38.0. The second-order valence-electron chi connectivity index (χ2n) is 6.12.